The molecule has 0 aliphatic carbocycles. The van der Waals surface area contributed by atoms with E-state index < -0.39 is 16.5 Å². The first kappa shape index (κ1) is 10.2. The Hall–Kier alpha value is -1.92. The molecule has 14 heavy (non-hydrogen) atoms. The second-order valence-electron chi connectivity index (χ2n) is 2.43. The van der Waals surface area contributed by atoms with E-state index >= 15 is 0 Å². The summed E-state index contributed by atoms with van der Waals surface area (Å²) in [7, 11) is 1.24. The van der Waals surface area contributed by atoms with Crippen LogP contribution >= 0.6 is 0 Å². The number of ether oxygens (including phenoxy) is 1. The van der Waals surface area contributed by atoms with Crippen LogP contribution in [0.2, 0.25) is 0 Å². The average Bonchev–Trinajstić information content (AvgIpc) is 2.15. The van der Waals surface area contributed by atoms with Gasteiger partial charge in [-0.3, -0.25) is 10.1 Å². The highest BCUT2D eigenvalue weighted by atomic mass is 16.6. The Morgan fingerprint density at radius 2 is 2.21 bits per heavy atom. The van der Waals surface area contributed by atoms with Crippen LogP contribution in [0.3, 0.4) is 0 Å². The number of hydrogen-bond donors (Lipinski definition) is 1. The van der Waals surface area contributed by atoms with Gasteiger partial charge in [0.05, 0.1) is 12.0 Å². The minimum absolute atomic E-state index is 0.223. The number of nitro groups is 1. The summed E-state index contributed by atoms with van der Waals surface area (Å²) >= 11 is 0. The second kappa shape index (κ2) is 3.86. The van der Waals surface area contributed by atoms with Crippen molar-refractivity contribution in [3.05, 3.63) is 15.9 Å². The van der Waals surface area contributed by atoms with Gasteiger partial charge in [-0.25, -0.2) is 0 Å². The lowest BCUT2D eigenvalue weighted by Crippen LogP contribution is -2.02. The van der Waals surface area contributed by atoms with E-state index in [4.69, 9.17) is 0 Å². The van der Waals surface area contributed by atoms with Crippen LogP contribution in [-0.4, -0.2) is 27.1 Å². The molecule has 7 nitrogen and oxygen atoms in total. The number of methoxy groups -OCH3 is 1. The molecule has 1 rings (SSSR count). The lowest BCUT2D eigenvalue weighted by Gasteiger charge is -2.03. The number of aromatic hydroxyl groups is 1. The predicted octanol–water partition coefficient (Wildman–Crippen LogP) is 0.661. The number of nitrogens with zero attached hydrogens (tertiary/aromatic N) is 3. The molecule has 1 N–H and O–H groups in total. The van der Waals surface area contributed by atoms with Crippen LogP contribution in [0.25, 0.3) is 0 Å². The normalized spacial score (nSPS) is 9.86. The van der Waals surface area contributed by atoms with E-state index in [-0.39, 0.29) is 5.88 Å². The van der Waals surface area contributed by atoms with E-state index in [1.54, 1.807) is 6.92 Å². The van der Waals surface area contributed by atoms with Crippen molar-refractivity contribution in [2.75, 3.05) is 7.11 Å². The molecular weight excluding hydrogens is 190 g/mol. The molecule has 76 valence electrons. The third-order valence-corrected chi connectivity index (χ3v) is 1.57. The quantitative estimate of drug-likeness (QED) is 0.567. The van der Waals surface area contributed by atoms with Gasteiger partial charge >= 0.3 is 11.6 Å². The molecule has 0 aliphatic rings. The molecule has 0 bridgehead atoms. The number of rotatable bonds is 3. The van der Waals surface area contributed by atoms with Gasteiger partial charge in [0, 0.05) is 6.42 Å². The summed E-state index contributed by atoms with van der Waals surface area (Å²) in [5.41, 5.74) is -0.607. The molecule has 0 spiro atoms. The Kier molecular flexibility index (Phi) is 2.80. The van der Waals surface area contributed by atoms with Crippen molar-refractivity contribution in [3.8, 4) is 11.8 Å². The van der Waals surface area contributed by atoms with Gasteiger partial charge in [0.25, 0.3) is 5.88 Å². The van der Waals surface area contributed by atoms with Crippen LogP contribution in [0.1, 0.15) is 12.7 Å². The molecule has 1 heterocycles. The van der Waals surface area contributed by atoms with E-state index in [9.17, 15) is 15.2 Å². The van der Waals surface area contributed by atoms with Gasteiger partial charge in [0.1, 0.15) is 5.82 Å². The van der Waals surface area contributed by atoms with Crippen LogP contribution in [0.15, 0.2) is 0 Å². The van der Waals surface area contributed by atoms with Crippen molar-refractivity contribution < 1.29 is 14.8 Å². The van der Waals surface area contributed by atoms with E-state index in [2.05, 4.69) is 14.7 Å². The van der Waals surface area contributed by atoms with E-state index in [1.807, 2.05) is 0 Å². The summed E-state index contributed by atoms with van der Waals surface area (Å²) in [6.07, 6.45) is 0.460. The third kappa shape index (κ3) is 1.70. The van der Waals surface area contributed by atoms with Crippen LogP contribution in [0, 0.1) is 10.1 Å². The number of aryl methyl sites for hydroxylation is 1. The fourth-order valence-corrected chi connectivity index (χ4v) is 0.926. The lowest BCUT2D eigenvalue weighted by atomic mass is 10.4. The molecule has 0 unspecified atom stereocenters. The Balaban J connectivity index is 3.34. The maximum absolute atomic E-state index is 10.5. The minimum atomic E-state index is -0.784. The first-order valence-electron chi connectivity index (χ1n) is 3.88. The molecule has 0 aliphatic heterocycles. The Morgan fingerprint density at radius 1 is 1.57 bits per heavy atom. The maximum atomic E-state index is 10.5. The molecule has 0 saturated carbocycles. The van der Waals surface area contributed by atoms with Gasteiger partial charge < -0.3 is 9.84 Å². The van der Waals surface area contributed by atoms with Gasteiger partial charge in [-0.05, 0) is 0 Å². The Bertz CT molecular complexity index is 366. The number of aromatic nitrogens is 2. The zero-order chi connectivity index (χ0) is 10.7. The van der Waals surface area contributed by atoms with Crippen molar-refractivity contribution in [2.45, 2.75) is 13.3 Å². The van der Waals surface area contributed by atoms with Crippen molar-refractivity contribution in [1.82, 2.24) is 9.97 Å². The van der Waals surface area contributed by atoms with Gasteiger partial charge in [0.2, 0.25) is 0 Å². The molecule has 1 aromatic heterocycles. The first-order chi connectivity index (χ1) is 6.60. The molecule has 0 saturated heterocycles. The first-order valence-corrected chi connectivity index (χ1v) is 3.88. The highest BCUT2D eigenvalue weighted by Crippen LogP contribution is 2.32. The number of hydrogen-bond acceptors (Lipinski definition) is 6. The van der Waals surface area contributed by atoms with E-state index in [1.165, 1.54) is 7.11 Å². The topological polar surface area (TPSA) is 98.4 Å². The van der Waals surface area contributed by atoms with Gasteiger partial charge in [-0.1, -0.05) is 6.92 Å². The summed E-state index contributed by atoms with van der Waals surface area (Å²) in [4.78, 5) is 17.0. The SMILES string of the molecule is CCc1nc(O)c([N+](=O)[O-])c(OC)n1. The summed E-state index contributed by atoms with van der Waals surface area (Å²) in [6, 6.07) is 0. The van der Waals surface area contributed by atoms with Crippen molar-refractivity contribution >= 4 is 5.69 Å². The molecule has 0 aromatic carbocycles. The fraction of sp³-hybridized carbons (Fsp3) is 0.429. The summed E-state index contributed by atoms with van der Waals surface area (Å²) in [5, 5.41) is 19.7. The lowest BCUT2D eigenvalue weighted by molar-refractivity contribution is -0.387. The van der Waals surface area contributed by atoms with Gasteiger partial charge in [-0.2, -0.15) is 9.97 Å². The second-order valence-corrected chi connectivity index (χ2v) is 2.43. The Morgan fingerprint density at radius 3 is 2.64 bits per heavy atom. The molecule has 0 fully saturated rings. The summed E-state index contributed by atoms with van der Waals surface area (Å²) in [6.45, 7) is 1.76. The Labute approximate surface area is 79.5 Å². The smallest absolute Gasteiger partial charge is 0.392 e. The van der Waals surface area contributed by atoms with Crippen LogP contribution in [0.5, 0.6) is 11.8 Å². The molecule has 0 radical (unpaired) electrons. The monoisotopic (exact) mass is 199 g/mol. The van der Waals surface area contributed by atoms with Crippen LogP contribution in [-0.2, 0) is 6.42 Å². The van der Waals surface area contributed by atoms with Crippen LogP contribution in [0.4, 0.5) is 5.69 Å². The van der Waals surface area contributed by atoms with Gasteiger partial charge in [0.15, 0.2) is 0 Å². The molecule has 7 heteroatoms. The zero-order valence-electron chi connectivity index (χ0n) is 7.72. The molecule has 0 amide bonds. The predicted molar refractivity (Wildman–Crippen MR) is 46.3 cm³/mol. The van der Waals surface area contributed by atoms with Crippen molar-refractivity contribution in [1.29, 1.82) is 0 Å². The van der Waals surface area contributed by atoms with Crippen LogP contribution < -0.4 is 4.74 Å². The average molecular weight is 199 g/mol. The molecule has 0 atom stereocenters. The molecule has 1 aromatic rings. The maximum Gasteiger partial charge on any atom is 0.392 e. The van der Waals surface area contributed by atoms with E-state index in [0.717, 1.165) is 0 Å². The van der Waals surface area contributed by atoms with E-state index in [0.29, 0.717) is 12.2 Å². The van der Waals surface area contributed by atoms with Crippen molar-refractivity contribution in [3.63, 3.8) is 0 Å². The highest BCUT2D eigenvalue weighted by Gasteiger charge is 2.24. The highest BCUT2D eigenvalue weighted by molar-refractivity contribution is 5.48. The third-order valence-electron chi connectivity index (χ3n) is 1.57. The summed E-state index contributed by atoms with van der Waals surface area (Å²) in [5.74, 6) is -0.594. The molecular formula is C7H9N3O4. The standard InChI is InChI=1S/C7H9N3O4/c1-3-4-8-6(11)5(10(12)13)7(9-4)14-2/h3H2,1-2H3,(H,8,9,11). The summed E-state index contributed by atoms with van der Waals surface area (Å²) < 4.78 is 4.68. The fourth-order valence-electron chi connectivity index (χ4n) is 0.926. The minimum Gasteiger partial charge on any atom is -0.488 e. The van der Waals surface area contributed by atoms with Crippen molar-refractivity contribution in [2.24, 2.45) is 0 Å². The largest absolute Gasteiger partial charge is 0.488 e. The zero-order valence-corrected chi connectivity index (χ0v) is 7.72. The van der Waals surface area contributed by atoms with Gasteiger partial charge in [-0.15, -0.1) is 0 Å².